The Morgan fingerprint density at radius 2 is 1.15 bits per heavy atom. The normalized spacial score (nSPS) is 11.1. The van der Waals surface area contributed by atoms with Crippen molar-refractivity contribution in [1.82, 2.24) is 14.6 Å². The fourth-order valence-electron chi connectivity index (χ4n) is 4.23. The fraction of sp³-hybridized carbons (Fsp3) is 0. The Hall–Kier alpha value is -4.21. The van der Waals surface area contributed by atoms with E-state index in [0.717, 1.165) is 49.6 Å². The lowest BCUT2D eigenvalue weighted by Crippen LogP contribution is -1.93. The molecule has 2 heterocycles. The van der Waals surface area contributed by atoms with Crippen molar-refractivity contribution in [2.24, 2.45) is 0 Å². The average Bonchev–Trinajstić information content (AvgIpc) is 3.34. The van der Waals surface area contributed by atoms with Gasteiger partial charge >= 0.3 is 0 Å². The maximum Gasteiger partial charge on any atom is 0.182 e. The molecular formula is C30H20ClN3. The Balaban J connectivity index is 1.52. The molecule has 0 fully saturated rings. The van der Waals surface area contributed by atoms with Crippen LogP contribution in [-0.2, 0) is 0 Å². The molecule has 6 rings (SSSR count). The summed E-state index contributed by atoms with van der Waals surface area (Å²) >= 11 is 6.22. The smallest absolute Gasteiger partial charge is 0.182 e. The predicted molar refractivity (Wildman–Crippen MR) is 140 cm³/mol. The van der Waals surface area contributed by atoms with Crippen molar-refractivity contribution in [3.8, 4) is 44.8 Å². The van der Waals surface area contributed by atoms with Crippen LogP contribution in [0.3, 0.4) is 0 Å². The molecule has 3 nitrogen and oxygen atoms in total. The maximum atomic E-state index is 6.22. The van der Waals surface area contributed by atoms with Gasteiger partial charge in [0.15, 0.2) is 11.5 Å². The summed E-state index contributed by atoms with van der Waals surface area (Å²) in [5.41, 5.74) is 8.32. The van der Waals surface area contributed by atoms with E-state index in [-0.39, 0.29) is 0 Å². The molecule has 0 spiro atoms. The van der Waals surface area contributed by atoms with E-state index >= 15 is 0 Å². The molecule has 4 heteroatoms. The van der Waals surface area contributed by atoms with Crippen LogP contribution < -0.4 is 0 Å². The van der Waals surface area contributed by atoms with Gasteiger partial charge in [-0.3, -0.25) is 0 Å². The molecule has 0 radical (unpaired) electrons. The minimum absolute atomic E-state index is 0.686. The highest BCUT2D eigenvalue weighted by molar-refractivity contribution is 6.30. The van der Waals surface area contributed by atoms with Gasteiger partial charge in [0.2, 0.25) is 0 Å². The van der Waals surface area contributed by atoms with Gasteiger partial charge in [-0.15, -0.1) is 5.10 Å². The minimum atomic E-state index is 0.686. The van der Waals surface area contributed by atoms with E-state index in [0.29, 0.717) is 5.82 Å². The number of aromatic nitrogens is 3. The highest BCUT2D eigenvalue weighted by atomic mass is 35.5. The minimum Gasteiger partial charge on any atom is -0.219 e. The molecule has 0 amide bonds. The molecule has 0 aliphatic rings. The molecule has 0 bridgehead atoms. The van der Waals surface area contributed by atoms with Crippen LogP contribution in [0, 0.1) is 0 Å². The number of pyridine rings is 1. The summed E-state index contributed by atoms with van der Waals surface area (Å²) in [6.45, 7) is 0. The molecule has 0 unspecified atom stereocenters. The molecule has 6 aromatic rings. The third-order valence-electron chi connectivity index (χ3n) is 5.90. The van der Waals surface area contributed by atoms with E-state index in [1.807, 2.05) is 59.1 Å². The first-order valence-electron chi connectivity index (χ1n) is 11.1. The van der Waals surface area contributed by atoms with Crippen molar-refractivity contribution in [3.63, 3.8) is 0 Å². The Morgan fingerprint density at radius 3 is 1.88 bits per heavy atom. The van der Waals surface area contributed by atoms with Gasteiger partial charge in [-0.2, -0.15) is 0 Å². The zero-order valence-corrected chi connectivity index (χ0v) is 19.0. The summed E-state index contributed by atoms with van der Waals surface area (Å²) in [7, 11) is 0. The van der Waals surface area contributed by atoms with Crippen LogP contribution in [0.5, 0.6) is 0 Å². The van der Waals surface area contributed by atoms with Gasteiger partial charge in [-0.25, -0.2) is 9.50 Å². The fourth-order valence-corrected chi connectivity index (χ4v) is 4.42. The standard InChI is InChI=1S/C30H20ClN3/c31-27-16-8-14-24(18-27)23-13-7-15-25(17-23)29-32-30-28(22-11-5-2-6-12-22)19-26(20-34(30)33-29)21-9-3-1-4-10-21/h1-20H. The van der Waals surface area contributed by atoms with Crippen LogP contribution in [0.4, 0.5) is 0 Å². The van der Waals surface area contributed by atoms with Crippen molar-refractivity contribution in [2.45, 2.75) is 0 Å². The maximum absolute atomic E-state index is 6.22. The number of nitrogens with zero attached hydrogens (tertiary/aromatic N) is 3. The molecule has 0 atom stereocenters. The van der Waals surface area contributed by atoms with Crippen molar-refractivity contribution in [1.29, 1.82) is 0 Å². The van der Waals surface area contributed by atoms with Crippen LogP contribution >= 0.6 is 11.6 Å². The third-order valence-corrected chi connectivity index (χ3v) is 6.14. The highest BCUT2D eigenvalue weighted by Crippen LogP contribution is 2.32. The van der Waals surface area contributed by atoms with E-state index in [4.69, 9.17) is 21.7 Å². The first-order chi connectivity index (χ1) is 16.7. The van der Waals surface area contributed by atoms with Gasteiger partial charge in [-0.05, 0) is 46.5 Å². The number of benzene rings is 4. The first kappa shape index (κ1) is 20.4. The van der Waals surface area contributed by atoms with E-state index in [1.54, 1.807) is 0 Å². The highest BCUT2D eigenvalue weighted by Gasteiger charge is 2.14. The van der Waals surface area contributed by atoms with Gasteiger partial charge in [0, 0.05) is 27.9 Å². The van der Waals surface area contributed by atoms with Crippen LogP contribution in [-0.4, -0.2) is 14.6 Å². The molecule has 0 saturated carbocycles. The third kappa shape index (κ3) is 3.87. The largest absolute Gasteiger partial charge is 0.219 e. The molecule has 0 aliphatic heterocycles. The zero-order valence-electron chi connectivity index (χ0n) is 18.3. The van der Waals surface area contributed by atoms with Crippen molar-refractivity contribution in [2.75, 3.05) is 0 Å². The Labute approximate surface area is 202 Å². The summed E-state index contributed by atoms with van der Waals surface area (Å²) in [6, 6.07) is 39.0. The summed E-state index contributed by atoms with van der Waals surface area (Å²) in [4.78, 5) is 4.97. The van der Waals surface area contributed by atoms with Crippen molar-refractivity contribution in [3.05, 3.63) is 126 Å². The average molecular weight is 458 g/mol. The monoisotopic (exact) mass is 457 g/mol. The van der Waals surface area contributed by atoms with Crippen LogP contribution in [0.2, 0.25) is 5.02 Å². The molecule has 162 valence electrons. The van der Waals surface area contributed by atoms with Gasteiger partial charge in [0.1, 0.15) is 0 Å². The van der Waals surface area contributed by atoms with Crippen molar-refractivity contribution < 1.29 is 0 Å². The second kappa shape index (κ2) is 8.62. The first-order valence-corrected chi connectivity index (χ1v) is 11.5. The lowest BCUT2D eigenvalue weighted by atomic mass is 10.0. The number of hydrogen-bond acceptors (Lipinski definition) is 2. The van der Waals surface area contributed by atoms with Crippen molar-refractivity contribution >= 4 is 17.2 Å². The molecule has 2 aromatic heterocycles. The lowest BCUT2D eigenvalue weighted by Gasteiger charge is -2.08. The van der Waals surface area contributed by atoms with E-state index < -0.39 is 0 Å². The van der Waals surface area contributed by atoms with Gasteiger partial charge in [-0.1, -0.05) is 103 Å². The quantitative estimate of drug-likeness (QED) is 0.268. The zero-order chi connectivity index (χ0) is 22.9. The molecule has 0 saturated heterocycles. The lowest BCUT2D eigenvalue weighted by molar-refractivity contribution is 0.968. The summed E-state index contributed by atoms with van der Waals surface area (Å²) in [5, 5.41) is 5.60. The molecular weight excluding hydrogens is 438 g/mol. The molecule has 0 aliphatic carbocycles. The van der Waals surface area contributed by atoms with Gasteiger partial charge in [0.05, 0.1) is 0 Å². The Kier molecular flexibility index (Phi) is 5.17. The number of hydrogen-bond donors (Lipinski definition) is 0. The van der Waals surface area contributed by atoms with Crippen LogP contribution in [0.1, 0.15) is 0 Å². The summed E-state index contributed by atoms with van der Waals surface area (Å²) < 4.78 is 1.89. The number of fused-ring (bicyclic) bond motifs is 1. The second-order valence-corrected chi connectivity index (χ2v) is 8.61. The molecule has 34 heavy (non-hydrogen) atoms. The summed E-state index contributed by atoms with van der Waals surface area (Å²) in [6.07, 6.45) is 2.05. The topological polar surface area (TPSA) is 30.2 Å². The second-order valence-electron chi connectivity index (χ2n) is 8.17. The SMILES string of the molecule is Clc1cccc(-c2cccc(-c3nc4c(-c5ccccc5)cc(-c5ccccc5)cn4n3)c2)c1. The van der Waals surface area contributed by atoms with E-state index in [1.165, 1.54) is 0 Å². The number of halogens is 1. The van der Waals surface area contributed by atoms with E-state index in [9.17, 15) is 0 Å². The number of rotatable bonds is 4. The Morgan fingerprint density at radius 1 is 0.529 bits per heavy atom. The molecule has 4 aromatic carbocycles. The summed E-state index contributed by atoms with van der Waals surface area (Å²) in [5.74, 6) is 0.686. The van der Waals surface area contributed by atoms with Gasteiger partial charge < -0.3 is 0 Å². The Bertz CT molecular complexity index is 1610. The predicted octanol–water partition coefficient (Wildman–Crippen LogP) is 8.05. The van der Waals surface area contributed by atoms with E-state index in [2.05, 4.69) is 66.9 Å². The molecule has 0 N–H and O–H groups in total. The van der Waals surface area contributed by atoms with Crippen LogP contribution in [0.15, 0.2) is 121 Å². The van der Waals surface area contributed by atoms with Gasteiger partial charge in [0.25, 0.3) is 0 Å². The van der Waals surface area contributed by atoms with Crippen LogP contribution in [0.25, 0.3) is 50.4 Å².